The number of piperazine rings is 1. The van der Waals surface area contributed by atoms with Crippen LogP contribution >= 0.6 is 0 Å². The first-order chi connectivity index (χ1) is 8.22. The van der Waals surface area contributed by atoms with Crippen LogP contribution in [-0.4, -0.2) is 55.5 Å². The summed E-state index contributed by atoms with van der Waals surface area (Å²) < 4.78 is 0. The van der Waals surface area contributed by atoms with Crippen molar-refractivity contribution in [3.05, 3.63) is 0 Å². The quantitative estimate of drug-likeness (QED) is 0.764. The monoisotopic (exact) mass is 239 g/mol. The molecule has 1 aliphatic heterocycles. The second kappa shape index (κ2) is 5.83. The number of carbonyl (C=O) groups excluding carboxylic acids is 1. The summed E-state index contributed by atoms with van der Waals surface area (Å²) in [6.45, 7) is 4.47. The number of amides is 1. The fourth-order valence-corrected chi connectivity index (χ4v) is 3.08. The van der Waals surface area contributed by atoms with Crippen molar-refractivity contribution < 1.29 is 4.79 Å². The predicted octanol–water partition coefficient (Wildman–Crippen LogP) is 0.526. The van der Waals surface area contributed by atoms with Gasteiger partial charge in [0.25, 0.3) is 0 Å². The Hall–Kier alpha value is -0.610. The highest BCUT2D eigenvalue weighted by molar-refractivity contribution is 5.79. The third kappa shape index (κ3) is 2.99. The van der Waals surface area contributed by atoms with Crippen LogP contribution in [0, 0.1) is 11.8 Å². The van der Waals surface area contributed by atoms with E-state index in [4.69, 9.17) is 5.73 Å². The van der Waals surface area contributed by atoms with E-state index in [2.05, 4.69) is 16.8 Å². The van der Waals surface area contributed by atoms with E-state index in [-0.39, 0.29) is 5.92 Å². The molecule has 2 unspecified atom stereocenters. The zero-order chi connectivity index (χ0) is 12.3. The van der Waals surface area contributed by atoms with Crippen molar-refractivity contribution in [1.82, 2.24) is 9.80 Å². The number of hydrogen-bond acceptors (Lipinski definition) is 3. The number of nitrogens with zero attached hydrogens (tertiary/aromatic N) is 2. The smallest absolute Gasteiger partial charge is 0.226 e. The Kier molecular flexibility index (Phi) is 4.40. The molecule has 0 aromatic rings. The van der Waals surface area contributed by atoms with Crippen molar-refractivity contribution in [2.75, 3.05) is 39.8 Å². The molecule has 17 heavy (non-hydrogen) atoms. The molecule has 98 valence electrons. The zero-order valence-electron chi connectivity index (χ0n) is 10.9. The third-order valence-corrected chi connectivity index (χ3v) is 4.34. The molecule has 0 spiro atoms. The van der Waals surface area contributed by atoms with E-state index >= 15 is 0 Å². The minimum absolute atomic E-state index is 0.206. The Labute approximate surface area is 104 Å². The molecule has 1 aliphatic carbocycles. The van der Waals surface area contributed by atoms with Gasteiger partial charge < -0.3 is 15.5 Å². The van der Waals surface area contributed by atoms with Gasteiger partial charge in [0.2, 0.25) is 5.91 Å². The molecule has 1 amide bonds. The highest BCUT2D eigenvalue weighted by Gasteiger charge is 2.33. The number of carbonyl (C=O) groups is 1. The molecule has 4 heteroatoms. The number of hydrogen-bond donors (Lipinski definition) is 1. The summed E-state index contributed by atoms with van der Waals surface area (Å²) in [6.07, 6.45) is 4.63. The highest BCUT2D eigenvalue weighted by Crippen LogP contribution is 2.30. The summed E-state index contributed by atoms with van der Waals surface area (Å²) >= 11 is 0. The van der Waals surface area contributed by atoms with Crippen molar-refractivity contribution >= 4 is 5.91 Å². The second-order valence-electron chi connectivity index (χ2n) is 5.52. The van der Waals surface area contributed by atoms with Gasteiger partial charge in [0.05, 0.1) is 0 Å². The Bertz CT molecular complexity index is 261. The Morgan fingerprint density at radius 1 is 1.18 bits per heavy atom. The molecule has 2 rings (SSSR count). The van der Waals surface area contributed by atoms with E-state index in [1.165, 1.54) is 12.8 Å². The number of nitrogens with two attached hydrogens (primary N) is 1. The van der Waals surface area contributed by atoms with E-state index in [0.717, 1.165) is 39.0 Å². The molecule has 0 radical (unpaired) electrons. The van der Waals surface area contributed by atoms with Crippen molar-refractivity contribution in [3.8, 4) is 0 Å². The van der Waals surface area contributed by atoms with Crippen LogP contribution in [0.15, 0.2) is 0 Å². The zero-order valence-corrected chi connectivity index (χ0v) is 10.9. The molecule has 2 aliphatic rings. The molecule has 2 N–H and O–H groups in total. The summed E-state index contributed by atoms with van der Waals surface area (Å²) in [5.41, 5.74) is 5.80. The molecule has 0 aromatic carbocycles. The summed E-state index contributed by atoms with van der Waals surface area (Å²) in [5, 5.41) is 0. The fourth-order valence-electron chi connectivity index (χ4n) is 3.08. The SMILES string of the molecule is CN1CCN(C(=O)C2CCCCC2CN)CC1. The molecule has 0 bridgehead atoms. The predicted molar refractivity (Wildman–Crippen MR) is 68.6 cm³/mol. The summed E-state index contributed by atoms with van der Waals surface area (Å²) in [5.74, 6) is 1.00. The Morgan fingerprint density at radius 3 is 2.47 bits per heavy atom. The highest BCUT2D eigenvalue weighted by atomic mass is 16.2. The van der Waals surface area contributed by atoms with Gasteiger partial charge in [-0.3, -0.25) is 4.79 Å². The van der Waals surface area contributed by atoms with E-state index in [1.807, 2.05) is 0 Å². The second-order valence-corrected chi connectivity index (χ2v) is 5.52. The van der Waals surface area contributed by atoms with Gasteiger partial charge in [-0.2, -0.15) is 0 Å². The normalized spacial score (nSPS) is 31.5. The summed E-state index contributed by atoms with van der Waals surface area (Å²) in [6, 6.07) is 0. The minimum atomic E-state index is 0.206. The van der Waals surface area contributed by atoms with Crippen molar-refractivity contribution in [2.24, 2.45) is 17.6 Å². The van der Waals surface area contributed by atoms with Crippen LogP contribution in [-0.2, 0) is 4.79 Å². The average Bonchev–Trinajstić information content (AvgIpc) is 2.39. The maximum absolute atomic E-state index is 12.5. The first-order valence-corrected chi connectivity index (χ1v) is 6.89. The van der Waals surface area contributed by atoms with Gasteiger partial charge in [0.15, 0.2) is 0 Å². The maximum Gasteiger partial charge on any atom is 0.226 e. The standard InChI is InChI=1S/C13H25N3O/c1-15-6-8-16(9-7-15)13(17)12-5-3-2-4-11(12)10-14/h11-12H,2-10,14H2,1H3. The molecule has 1 saturated heterocycles. The van der Waals surface area contributed by atoms with E-state index in [9.17, 15) is 4.79 Å². The van der Waals surface area contributed by atoms with E-state index < -0.39 is 0 Å². The summed E-state index contributed by atoms with van der Waals surface area (Å²) in [7, 11) is 2.12. The van der Waals surface area contributed by atoms with Crippen LogP contribution in [0.4, 0.5) is 0 Å². The van der Waals surface area contributed by atoms with Crippen LogP contribution in [0.5, 0.6) is 0 Å². The Balaban J connectivity index is 1.93. The van der Waals surface area contributed by atoms with Gasteiger partial charge in [-0.25, -0.2) is 0 Å². The van der Waals surface area contributed by atoms with Crippen LogP contribution in [0.1, 0.15) is 25.7 Å². The molecular weight excluding hydrogens is 214 g/mol. The Morgan fingerprint density at radius 2 is 1.82 bits per heavy atom. The van der Waals surface area contributed by atoms with Gasteiger partial charge >= 0.3 is 0 Å². The lowest BCUT2D eigenvalue weighted by Gasteiger charge is -2.38. The van der Waals surface area contributed by atoms with Gasteiger partial charge in [0.1, 0.15) is 0 Å². The van der Waals surface area contributed by atoms with Crippen molar-refractivity contribution in [1.29, 1.82) is 0 Å². The molecular formula is C13H25N3O. The molecule has 4 nitrogen and oxygen atoms in total. The lowest BCUT2D eigenvalue weighted by molar-refractivity contribution is -0.140. The van der Waals surface area contributed by atoms with Gasteiger partial charge in [0, 0.05) is 32.1 Å². The molecule has 2 fully saturated rings. The minimum Gasteiger partial charge on any atom is -0.340 e. The van der Waals surface area contributed by atoms with E-state index in [1.54, 1.807) is 0 Å². The first-order valence-electron chi connectivity index (χ1n) is 6.89. The van der Waals surface area contributed by atoms with Crippen molar-refractivity contribution in [2.45, 2.75) is 25.7 Å². The van der Waals surface area contributed by atoms with Crippen LogP contribution in [0.2, 0.25) is 0 Å². The van der Waals surface area contributed by atoms with Crippen molar-refractivity contribution in [3.63, 3.8) is 0 Å². The number of likely N-dealkylation sites (N-methyl/N-ethyl adjacent to an activating group) is 1. The first kappa shape index (κ1) is 12.8. The van der Waals surface area contributed by atoms with Gasteiger partial charge in [-0.05, 0) is 32.4 Å². The van der Waals surface area contributed by atoms with Gasteiger partial charge in [-0.1, -0.05) is 12.8 Å². The van der Waals surface area contributed by atoms with Gasteiger partial charge in [-0.15, -0.1) is 0 Å². The lowest BCUT2D eigenvalue weighted by Crippen LogP contribution is -2.50. The fraction of sp³-hybridized carbons (Fsp3) is 0.923. The topological polar surface area (TPSA) is 49.6 Å². The number of rotatable bonds is 2. The van der Waals surface area contributed by atoms with Crippen LogP contribution < -0.4 is 5.73 Å². The molecule has 1 saturated carbocycles. The van der Waals surface area contributed by atoms with E-state index in [0.29, 0.717) is 18.4 Å². The van der Waals surface area contributed by atoms with Crippen LogP contribution in [0.3, 0.4) is 0 Å². The molecule has 0 aromatic heterocycles. The third-order valence-electron chi connectivity index (χ3n) is 4.34. The molecule has 1 heterocycles. The molecule has 2 atom stereocenters. The van der Waals surface area contributed by atoms with Crippen LogP contribution in [0.25, 0.3) is 0 Å². The average molecular weight is 239 g/mol. The summed E-state index contributed by atoms with van der Waals surface area (Å²) in [4.78, 5) is 16.8. The maximum atomic E-state index is 12.5. The lowest BCUT2D eigenvalue weighted by atomic mass is 9.78. The largest absolute Gasteiger partial charge is 0.340 e.